The molecule has 1 aliphatic rings. The van der Waals surface area contributed by atoms with Crippen LogP contribution in [0.25, 0.3) is 11.1 Å². The molecule has 236 valence electrons. The van der Waals surface area contributed by atoms with E-state index in [1.807, 2.05) is 36.4 Å². The summed E-state index contributed by atoms with van der Waals surface area (Å²) < 4.78 is 16.0. The smallest absolute Gasteiger partial charge is 0.413 e. The molecular formula is C34H38N4O7. The molecule has 0 spiro atoms. The number of hydrogen-bond donors (Lipinski definition) is 4. The number of benzene rings is 3. The normalized spacial score (nSPS) is 16.2. The summed E-state index contributed by atoms with van der Waals surface area (Å²) in [6, 6.07) is 21.4. The first-order valence-corrected chi connectivity index (χ1v) is 14.7. The summed E-state index contributed by atoms with van der Waals surface area (Å²) in [4.78, 5) is 49.5. The highest BCUT2D eigenvalue weighted by Crippen LogP contribution is 2.30. The standard InChI is InChI=1S/C34H38N4O7/c1-34(2,32(36)41)45-31(40)24-13-16-26(17-14-24)37-30(39)27-19-25(15-18-28(27)43-3)22-9-11-23(12-10-22)29(35)38-33(42)44-20-21-7-5-4-6-8-21/h4-12,15,18-19,24,26H,13-14,16-17,20H2,1-3H3,(H2,36,41)(H,37,39)(H2,35,38,42). The largest absolute Gasteiger partial charge is 0.496 e. The minimum absolute atomic E-state index is 0.0963. The third-order valence-corrected chi connectivity index (χ3v) is 7.74. The molecule has 11 heteroatoms. The zero-order valence-corrected chi connectivity index (χ0v) is 25.6. The second-order valence-corrected chi connectivity index (χ2v) is 11.4. The number of ether oxygens (including phenoxy) is 3. The van der Waals surface area contributed by atoms with Crippen LogP contribution in [0.1, 0.15) is 61.0 Å². The molecule has 11 nitrogen and oxygen atoms in total. The first-order valence-electron chi connectivity index (χ1n) is 14.7. The molecule has 0 bridgehead atoms. The van der Waals surface area contributed by atoms with Gasteiger partial charge in [-0.1, -0.05) is 60.7 Å². The van der Waals surface area contributed by atoms with Gasteiger partial charge in [-0.05, 0) is 68.4 Å². The van der Waals surface area contributed by atoms with Crippen molar-refractivity contribution in [1.82, 2.24) is 10.6 Å². The zero-order valence-electron chi connectivity index (χ0n) is 25.6. The summed E-state index contributed by atoms with van der Waals surface area (Å²) in [6.07, 6.45) is 1.45. The molecule has 0 aliphatic heterocycles. The molecule has 0 atom stereocenters. The highest BCUT2D eigenvalue weighted by molar-refractivity contribution is 6.04. The van der Waals surface area contributed by atoms with Gasteiger partial charge in [0.25, 0.3) is 11.8 Å². The lowest BCUT2D eigenvalue weighted by molar-refractivity contribution is -0.168. The van der Waals surface area contributed by atoms with Gasteiger partial charge in [0.1, 0.15) is 18.2 Å². The van der Waals surface area contributed by atoms with Crippen molar-refractivity contribution in [3.8, 4) is 16.9 Å². The van der Waals surface area contributed by atoms with E-state index in [0.29, 0.717) is 42.6 Å². The third-order valence-electron chi connectivity index (χ3n) is 7.74. The zero-order chi connectivity index (χ0) is 32.6. The van der Waals surface area contributed by atoms with Gasteiger partial charge in [-0.2, -0.15) is 0 Å². The number of carbonyl (C=O) groups is 4. The van der Waals surface area contributed by atoms with Crippen molar-refractivity contribution < 1.29 is 33.4 Å². The van der Waals surface area contributed by atoms with Gasteiger partial charge in [0.2, 0.25) is 0 Å². The predicted molar refractivity (Wildman–Crippen MR) is 168 cm³/mol. The van der Waals surface area contributed by atoms with Crippen LogP contribution in [0.5, 0.6) is 5.75 Å². The maximum atomic E-state index is 13.3. The third kappa shape index (κ3) is 8.69. The van der Waals surface area contributed by atoms with E-state index in [9.17, 15) is 19.2 Å². The van der Waals surface area contributed by atoms with Crippen LogP contribution in [0.15, 0.2) is 72.8 Å². The molecule has 5 N–H and O–H groups in total. The number of carbonyl (C=O) groups excluding carboxylic acids is 4. The number of rotatable bonds is 10. The average molecular weight is 615 g/mol. The summed E-state index contributed by atoms with van der Waals surface area (Å²) >= 11 is 0. The van der Waals surface area contributed by atoms with Crippen molar-refractivity contribution in [2.75, 3.05) is 7.11 Å². The van der Waals surface area contributed by atoms with Crippen molar-refractivity contribution in [3.63, 3.8) is 0 Å². The molecule has 3 aromatic carbocycles. The van der Waals surface area contributed by atoms with Gasteiger partial charge >= 0.3 is 12.1 Å². The molecule has 0 saturated heterocycles. The van der Waals surface area contributed by atoms with Gasteiger partial charge in [-0.15, -0.1) is 0 Å². The molecule has 1 fully saturated rings. The predicted octanol–water partition coefficient (Wildman–Crippen LogP) is 4.71. The quantitative estimate of drug-likeness (QED) is 0.146. The second kappa shape index (κ2) is 14.5. The Bertz CT molecular complexity index is 1550. The highest BCUT2D eigenvalue weighted by atomic mass is 16.6. The van der Waals surface area contributed by atoms with Crippen LogP contribution in [0.4, 0.5) is 4.79 Å². The lowest BCUT2D eigenvalue weighted by Crippen LogP contribution is -2.45. The fourth-order valence-electron chi connectivity index (χ4n) is 4.95. The van der Waals surface area contributed by atoms with E-state index < -0.39 is 23.6 Å². The SMILES string of the molecule is COc1ccc(-c2ccc(C(=N)NC(=O)OCc3ccccc3)cc2)cc1C(=O)NC1CCC(C(=O)OC(C)(C)C(N)=O)CC1. The Morgan fingerprint density at radius 2 is 1.56 bits per heavy atom. The maximum absolute atomic E-state index is 13.3. The Morgan fingerprint density at radius 1 is 0.911 bits per heavy atom. The minimum atomic E-state index is -1.38. The maximum Gasteiger partial charge on any atom is 0.413 e. The van der Waals surface area contributed by atoms with E-state index in [-0.39, 0.29) is 30.3 Å². The molecule has 0 aromatic heterocycles. The molecular weight excluding hydrogens is 576 g/mol. The minimum Gasteiger partial charge on any atom is -0.496 e. The van der Waals surface area contributed by atoms with Crippen LogP contribution in [0.2, 0.25) is 0 Å². The van der Waals surface area contributed by atoms with Gasteiger partial charge in [-0.25, -0.2) is 4.79 Å². The van der Waals surface area contributed by atoms with Crippen LogP contribution in [0.3, 0.4) is 0 Å². The van der Waals surface area contributed by atoms with E-state index >= 15 is 0 Å². The monoisotopic (exact) mass is 614 g/mol. The number of amides is 3. The van der Waals surface area contributed by atoms with Crippen molar-refractivity contribution in [3.05, 3.63) is 89.5 Å². The Balaban J connectivity index is 1.34. The van der Waals surface area contributed by atoms with E-state index in [2.05, 4.69) is 10.6 Å². The molecule has 4 rings (SSSR count). The topological polar surface area (TPSA) is 170 Å². The molecule has 0 unspecified atom stereocenters. The van der Waals surface area contributed by atoms with Gasteiger partial charge in [0, 0.05) is 11.6 Å². The van der Waals surface area contributed by atoms with E-state index in [0.717, 1.165) is 16.7 Å². The summed E-state index contributed by atoms with van der Waals surface area (Å²) in [5.41, 5.74) is 7.18. The summed E-state index contributed by atoms with van der Waals surface area (Å²) in [5, 5.41) is 13.7. The fourth-order valence-corrected chi connectivity index (χ4v) is 4.95. The van der Waals surface area contributed by atoms with E-state index in [4.69, 9.17) is 25.4 Å². The summed E-state index contributed by atoms with van der Waals surface area (Å²) in [6.45, 7) is 3.02. The fraction of sp³-hybridized carbons (Fsp3) is 0.324. The molecule has 3 amide bonds. The number of amidine groups is 1. The Kier molecular flexibility index (Phi) is 10.6. The lowest BCUT2D eigenvalue weighted by Gasteiger charge is -2.30. The Hall–Kier alpha value is -5.19. The number of nitrogens with two attached hydrogens (primary N) is 1. The van der Waals surface area contributed by atoms with E-state index in [1.165, 1.54) is 21.0 Å². The van der Waals surface area contributed by atoms with Crippen LogP contribution in [0, 0.1) is 11.3 Å². The van der Waals surface area contributed by atoms with Crippen molar-refractivity contribution >= 4 is 29.7 Å². The first-order chi connectivity index (χ1) is 21.5. The summed E-state index contributed by atoms with van der Waals surface area (Å²) in [7, 11) is 1.49. The number of esters is 1. The van der Waals surface area contributed by atoms with Crippen LogP contribution in [-0.4, -0.2) is 48.5 Å². The van der Waals surface area contributed by atoms with Gasteiger partial charge in [0.15, 0.2) is 5.60 Å². The number of primary amides is 1. The Morgan fingerprint density at radius 3 is 2.18 bits per heavy atom. The molecule has 1 aliphatic carbocycles. The van der Waals surface area contributed by atoms with Gasteiger partial charge < -0.3 is 25.3 Å². The summed E-state index contributed by atoms with van der Waals surface area (Å²) in [5.74, 6) is -1.52. The number of methoxy groups -OCH3 is 1. The molecule has 0 heterocycles. The number of alkyl carbamates (subject to hydrolysis) is 1. The van der Waals surface area contributed by atoms with Crippen molar-refractivity contribution in [2.24, 2.45) is 11.7 Å². The molecule has 0 radical (unpaired) electrons. The average Bonchev–Trinajstić information content (AvgIpc) is 3.04. The Labute approximate surface area is 261 Å². The van der Waals surface area contributed by atoms with Crippen molar-refractivity contribution in [1.29, 1.82) is 5.41 Å². The van der Waals surface area contributed by atoms with Crippen LogP contribution < -0.4 is 21.1 Å². The molecule has 3 aromatic rings. The van der Waals surface area contributed by atoms with Gasteiger partial charge in [0.05, 0.1) is 18.6 Å². The highest BCUT2D eigenvalue weighted by Gasteiger charge is 2.35. The molecule has 1 saturated carbocycles. The number of nitrogens with one attached hydrogen (secondary N) is 3. The van der Waals surface area contributed by atoms with E-state index in [1.54, 1.807) is 36.4 Å². The van der Waals surface area contributed by atoms with Crippen LogP contribution in [-0.2, 0) is 25.7 Å². The van der Waals surface area contributed by atoms with Crippen LogP contribution >= 0.6 is 0 Å². The van der Waals surface area contributed by atoms with Crippen molar-refractivity contribution in [2.45, 2.75) is 57.8 Å². The lowest BCUT2D eigenvalue weighted by atomic mass is 9.85. The van der Waals surface area contributed by atoms with Gasteiger partial charge in [-0.3, -0.25) is 25.1 Å². The number of hydrogen-bond acceptors (Lipinski definition) is 8. The first kappa shape index (κ1) is 32.7. The molecule has 45 heavy (non-hydrogen) atoms. The second-order valence-electron chi connectivity index (χ2n) is 11.4.